The topological polar surface area (TPSA) is 95.5 Å². The van der Waals surface area contributed by atoms with Crippen molar-refractivity contribution in [1.82, 2.24) is 5.32 Å². The zero-order valence-electron chi connectivity index (χ0n) is 18.1. The average molecular weight is 445 g/mol. The molecule has 0 spiro atoms. The van der Waals surface area contributed by atoms with E-state index in [9.17, 15) is 19.5 Å². The number of carbonyl (C=O) groups is 3. The smallest absolute Gasteiger partial charge is 0.307 e. The second-order valence-corrected chi connectivity index (χ2v) is 11.1. The molecule has 5 aliphatic rings. The Morgan fingerprint density at radius 1 is 1.00 bits per heavy atom. The minimum atomic E-state index is -0.850. The fourth-order valence-electron chi connectivity index (χ4n) is 6.19. The molecule has 0 unspecified atom stereocenters. The number of carboxylic acids is 1. The van der Waals surface area contributed by atoms with E-state index >= 15 is 0 Å². The summed E-state index contributed by atoms with van der Waals surface area (Å²) in [6.07, 6.45) is 9.74. The summed E-state index contributed by atoms with van der Waals surface area (Å²) in [6, 6.07) is 0.254. The minimum Gasteiger partial charge on any atom is -0.481 e. The molecule has 4 saturated carbocycles. The van der Waals surface area contributed by atoms with Crippen LogP contribution in [0.25, 0.3) is 0 Å². The molecule has 7 heteroatoms. The van der Waals surface area contributed by atoms with Crippen LogP contribution in [0.15, 0.2) is 0 Å². The first-order valence-electron chi connectivity index (χ1n) is 11.9. The third-order valence-electron chi connectivity index (χ3n) is 8.13. The number of hydrogen-bond acceptors (Lipinski definition) is 4. The molecule has 0 aliphatic heterocycles. The van der Waals surface area contributed by atoms with Gasteiger partial charge in [-0.3, -0.25) is 14.4 Å². The molecule has 1 aromatic heterocycles. The molecule has 2 bridgehead atoms. The third kappa shape index (κ3) is 3.90. The van der Waals surface area contributed by atoms with Crippen LogP contribution >= 0.6 is 11.3 Å². The molecule has 168 valence electrons. The highest BCUT2D eigenvalue weighted by molar-refractivity contribution is 7.17. The molecule has 2 amide bonds. The van der Waals surface area contributed by atoms with Crippen molar-refractivity contribution in [2.45, 2.75) is 77.2 Å². The van der Waals surface area contributed by atoms with Crippen molar-refractivity contribution in [2.24, 2.45) is 29.6 Å². The van der Waals surface area contributed by atoms with Gasteiger partial charge in [0.25, 0.3) is 5.91 Å². The van der Waals surface area contributed by atoms with Crippen molar-refractivity contribution >= 4 is 34.1 Å². The number of rotatable bonds is 6. The van der Waals surface area contributed by atoms with E-state index in [0.29, 0.717) is 16.5 Å². The number of hydrogen-bond donors (Lipinski definition) is 3. The molecule has 6 nitrogen and oxygen atoms in total. The van der Waals surface area contributed by atoms with Crippen LogP contribution in [0.4, 0.5) is 5.00 Å². The SMILES string of the molecule is CC[C@H]1CCc2c(sc(NC(=O)[C@H]3C4CCC(CC4)[C@@H]3C(=O)O)c2C(=O)NC2CC2)C1. The minimum absolute atomic E-state index is 0.0785. The summed E-state index contributed by atoms with van der Waals surface area (Å²) in [6.45, 7) is 2.21. The molecule has 3 atom stereocenters. The molecule has 5 aliphatic carbocycles. The highest BCUT2D eigenvalue weighted by Gasteiger charge is 2.50. The van der Waals surface area contributed by atoms with E-state index in [1.807, 2.05) is 0 Å². The molecule has 1 heterocycles. The fourth-order valence-corrected chi connectivity index (χ4v) is 7.56. The standard InChI is InChI=1S/C24H32N2O4S/c1-2-12-3-10-16-17(11-12)31-23(20(16)22(28)25-15-8-9-15)26-21(27)18-13-4-6-14(7-5-13)19(18)24(29)30/h12-15,18-19H,2-11H2,1H3,(H,25,28)(H,26,27)(H,29,30)/t12-,13?,14?,18-,19-/m0/s1. The Morgan fingerprint density at radius 3 is 2.29 bits per heavy atom. The number of carboxylic acid groups (broad SMARTS) is 1. The Bertz CT molecular complexity index is 898. The zero-order valence-corrected chi connectivity index (χ0v) is 18.9. The molecule has 6 rings (SSSR count). The molecule has 31 heavy (non-hydrogen) atoms. The van der Waals surface area contributed by atoms with Gasteiger partial charge in [-0.05, 0) is 81.1 Å². The van der Waals surface area contributed by atoms with Crippen molar-refractivity contribution in [2.75, 3.05) is 5.32 Å². The first-order chi connectivity index (χ1) is 15.0. The van der Waals surface area contributed by atoms with Gasteiger partial charge in [-0.15, -0.1) is 11.3 Å². The lowest BCUT2D eigenvalue weighted by atomic mass is 9.58. The number of nitrogens with one attached hydrogen (secondary N) is 2. The maximum absolute atomic E-state index is 13.4. The largest absolute Gasteiger partial charge is 0.481 e. The third-order valence-corrected chi connectivity index (χ3v) is 9.30. The van der Waals surface area contributed by atoms with Crippen LogP contribution in [0.5, 0.6) is 0 Å². The Hall–Kier alpha value is -1.89. The predicted molar refractivity (Wildman–Crippen MR) is 119 cm³/mol. The summed E-state index contributed by atoms with van der Waals surface area (Å²) in [7, 11) is 0. The molecule has 0 radical (unpaired) electrons. The van der Waals surface area contributed by atoms with E-state index in [4.69, 9.17) is 0 Å². The summed E-state index contributed by atoms with van der Waals surface area (Å²) >= 11 is 1.54. The highest BCUT2D eigenvalue weighted by atomic mass is 32.1. The van der Waals surface area contributed by atoms with Gasteiger partial charge in [-0.2, -0.15) is 0 Å². The molecule has 0 saturated heterocycles. The van der Waals surface area contributed by atoms with E-state index in [1.54, 1.807) is 0 Å². The van der Waals surface area contributed by atoms with Gasteiger partial charge in [0, 0.05) is 10.9 Å². The van der Waals surface area contributed by atoms with Crippen molar-refractivity contribution in [3.05, 3.63) is 16.0 Å². The summed E-state index contributed by atoms with van der Waals surface area (Å²) < 4.78 is 0. The second-order valence-electron chi connectivity index (χ2n) is 10.0. The van der Waals surface area contributed by atoms with Crippen molar-refractivity contribution in [3.63, 3.8) is 0 Å². The van der Waals surface area contributed by atoms with Crippen LogP contribution < -0.4 is 10.6 Å². The van der Waals surface area contributed by atoms with Crippen LogP contribution in [0, 0.1) is 29.6 Å². The Labute approximate surface area is 187 Å². The van der Waals surface area contributed by atoms with Gasteiger partial charge in [0.15, 0.2) is 0 Å². The molecule has 0 aromatic carbocycles. The van der Waals surface area contributed by atoms with Gasteiger partial charge in [-0.1, -0.05) is 13.3 Å². The van der Waals surface area contributed by atoms with Gasteiger partial charge in [0.2, 0.25) is 5.91 Å². The second kappa shape index (κ2) is 8.23. The lowest BCUT2D eigenvalue weighted by Crippen LogP contribution is -2.49. The Morgan fingerprint density at radius 2 is 1.68 bits per heavy atom. The number of aliphatic carboxylic acids is 1. The van der Waals surface area contributed by atoms with Crippen LogP contribution in [0.3, 0.4) is 0 Å². The first-order valence-corrected chi connectivity index (χ1v) is 12.8. The van der Waals surface area contributed by atoms with Crippen LogP contribution in [-0.4, -0.2) is 28.9 Å². The summed E-state index contributed by atoms with van der Waals surface area (Å²) in [5, 5.41) is 16.6. The number of fused-ring (bicyclic) bond motifs is 4. The molecule has 4 fully saturated rings. The fraction of sp³-hybridized carbons (Fsp3) is 0.708. The number of carbonyl (C=O) groups excluding carboxylic acids is 2. The van der Waals surface area contributed by atoms with Gasteiger partial charge in [0.1, 0.15) is 5.00 Å². The molecule has 3 N–H and O–H groups in total. The first kappa shape index (κ1) is 21.0. The highest BCUT2D eigenvalue weighted by Crippen LogP contribution is 2.50. The van der Waals surface area contributed by atoms with E-state index in [0.717, 1.165) is 69.8 Å². The van der Waals surface area contributed by atoms with E-state index in [-0.39, 0.29) is 29.7 Å². The van der Waals surface area contributed by atoms with E-state index in [2.05, 4.69) is 17.6 Å². The van der Waals surface area contributed by atoms with Gasteiger partial charge >= 0.3 is 5.97 Å². The normalized spacial score (nSPS) is 31.7. The monoisotopic (exact) mass is 444 g/mol. The maximum atomic E-state index is 13.4. The average Bonchev–Trinajstić information content (AvgIpc) is 3.51. The van der Waals surface area contributed by atoms with Crippen LogP contribution in [0.2, 0.25) is 0 Å². The van der Waals surface area contributed by atoms with Crippen molar-refractivity contribution in [1.29, 1.82) is 0 Å². The lowest BCUT2D eigenvalue weighted by molar-refractivity contribution is -0.156. The maximum Gasteiger partial charge on any atom is 0.307 e. The van der Waals surface area contributed by atoms with E-state index in [1.165, 1.54) is 16.2 Å². The Balaban J connectivity index is 1.44. The van der Waals surface area contributed by atoms with Crippen molar-refractivity contribution in [3.8, 4) is 0 Å². The van der Waals surface area contributed by atoms with Gasteiger partial charge in [0.05, 0.1) is 17.4 Å². The predicted octanol–water partition coefficient (Wildman–Crippen LogP) is 4.23. The van der Waals surface area contributed by atoms with Gasteiger partial charge < -0.3 is 15.7 Å². The Kier molecular flexibility index (Phi) is 5.57. The molecule has 1 aromatic rings. The quantitative estimate of drug-likeness (QED) is 0.612. The summed E-state index contributed by atoms with van der Waals surface area (Å²) in [5.41, 5.74) is 1.74. The summed E-state index contributed by atoms with van der Waals surface area (Å²) in [4.78, 5) is 39.7. The van der Waals surface area contributed by atoms with Crippen LogP contribution in [0.1, 0.15) is 79.1 Å². The molecular weight excluding hydrogens is 412 g/mol. The zero-order chi connectivity index (χ0) is 21.7. The number of thiophene rings is 1. The molecular formula is C24H32N2O4S. The van der Waals surface area contributed by atoms with E-state index < -0.39 is 17.8 Å². The number of amides is 2. The number of anilines is 1. The lowest BCUT2D eigenvalue weighted by Gasteiger charge is -2.45. The van der Waals surface area contributed by atoms with Crippen molar-refractivity contribution < 1.29 is 19.5 Å². The van der Waals surface area contributed by atoms with Crippen LogP contribution in [-0.2, 0) is 22.4 Å². The van der Waals surface area contributed by atoms with Gasteiger partial charge in [-0.25, -0.2) is 0 Å². The summed E-state index contributed by atoms with van der Waals surface area (Å²) in [5.74, 6) is -1.37.